The van der Waals surface area contributed by atoms with Crippen molar-refractivity contribution >= 4 is 11.6 Å². The van der Waals surface area contributed by atoms with Crippen LogP contribution in [0.3, 0.4) is 0 Å². The number of carbonyl (C=O) groups excluding carboxylic acids is 2. The molecular weight excluding hydrogens is 324 g/mol. The van der Waals surface area contributed by atoms with Crippen molar-refractivity contribution < 1.29 is 30.0 Å². The van der Waals surface area contributed by atoms with Gasteiger partial charge in [0.2, 0.25) is 5.78 Å². The minimum absolute atomic E-state index is 0.0314. The zero-order valence-electron chi connectivity index (χ0n) is 13.4. The maximum absolute atomic E-state index is 12.8. The number of aliphatic hydroxyl groups excluding tert-OH is 1. The molecule has 25 heavy (non-hydrogen) atoms. The maximum Gasteiger partial charge on any atom is 0.201 e. The number of aromatic hydroxyl groups is 2. The average Bonchev–Trinajstić information content (AvgIpc) is 2.56. The van der Waals surface area contributed by atoms with Crippen LogP contribution >= 0.6 is 0 Å². The van der Waals surface area contributed by atoms with Crippen LogP contribution in [-0.4, -0.2) is 37.6 Å². The lowest BCUT2D eigenvalue weighted by Gasteiger charge is -2.36. The van der Waals surface area contributed by atoms with Crippen LogP contribution in [0.25, 0.3) is 0 Å². The van der Waals surface area contributed by atoms with E-state index in [0.717, 1.165) is 0 Å². The molecule has 0 saturated carbocycles. The molecular formula is C19H16O6. The molecule has 0 amide bonds. The third kappa shape index (κ3) is 1.98. The number of phenols is 2. The molecule has 6 nitrogen and oxygen atoms in total. The number of hydrogen-bond donors (Lipinski definition) is 4. The Kier molecular flexibility index (Phi) is 3.10. The van der Waals surface area contributed by atoms with Crippen molar-refractivity contribution in [1.82, 2.24) is 0 Å². The van der Waals surface area contributed by atoms with E-state index in [1.165, 1.54) is 31.2 Å². The fourth-order valence-corrected chi connectivity index (χ4v) is 3.73. The van der Waals surface area contributed by atoms with Gasteiger partial charge in [-0.25, -0.2) is 0 Å². The Bertz CT molecular complexity index is 957. The molecule has 0 radical (unpaired) electrons. The van der Waals surface area contributed by atoms with E-state index in [1.54, 1.807) is 0 Å². The van der Waals surface area contributed by atoms with E-state index in [0.29, 0.717) is 5.56 Å². The molecule has 0 bridgehead atoms. The summed E-state index contributed by atoms with van der Waals surface area (Å²) in [7, 11) is 0. The van der Waals surface area contributed by atoms with Crippen molar-refractivity contribution in [1.29, 1.82) is 0 Å². The summed E-state index contributed by atoms with van der Waals surface area (Å²) in [5.41, 5.74) is -1.06. The van der Waals surface area contributed by atoms with E-state index >= 15 is 0 Å². The predicted molar refractivity (Wildman–Crippen MR) is 87.0 cm³/mol. The summed E-state index contributed by atoms with van der Waals surface area (Å²) in [6.45, 7) is 1.48. The van der Waals surface area contributed by atoms with Gasteiger partial charge in [-0.2, -0.15) is 0 Å². The standard InChI is InChI=1S/C19H16O6/c1-19(25)6-5-8-10(18(19)24)7-11-14(16(8)22)17(23)13-9(15(11)21)3-2-4-12(13)20/h2-4,7,18,20,22,24-25H,5-6H2,1H3/t18-,19-/m1/s1. The van der Waals surface area contributed by atoms with Gasteiger partial charge in [0.1, 0.15) is 17.6 Å². The van der Waals surface area contributed by atoms with Gasteiger partial charge in [-0.1, -0.05) is 12.1 Å². The van der Waals surface area contributed by atoms with Crippen molar-refractivity contribution in [3.05, 3.63) is 57.6 Å². The maximum atomic E-state index is 12.8. The second-order valence-electron chi connectivity index (χ2n) is 6.83. The van der Waals surface area contributed by atoms with Gasteiger partial charge in [0, 0.05) is 16.7 Å². The largest absolute Gasteiger partial charge is 0.507 e. The highest BCUT2D eigenvalue weighted by atomic mass is 16.3. The quantitative estimate of drug-likeness (QED) is 0.494. The van der Waals surface area contributed by atoms with Gasteiger partial charge in [0.15, 0.2) is 5.78 Å². The van der Waals surface area contributed by atoms with Crippen LogP contribution in [0.15, 0.2) is 24.3 Å². The lowest BCUT2D eigenvalue weighted by Crippen LogP contribution is -2.38. The van der Waals surface area contributed by atoms with Crippen LogP contribution in [0.4, 0.5) is 0 Å². The third-order valence-electron chi connectivity index (χ3n) is 5.19. The molecule has 2 atom stereocenters. The summed E-state index contributed by atoms with van der Waals surface area (Å²) in [5, 5.41) is 41.3. The van der Waals surface area contributed by atoms with Gasteiger partial charge in [-0.15, -0.1) is 0 Å². The zero-order valence-corrected chi connectivity index (χ0v) is 13.4. The SMILES string of the molecule is C[C@@]1(O)CCc2c(cc3c(c2O)C(=O)c2c(O)cccc2C3=O)[C@H]1O. The van der Waals surface area contributed by atoms with E-state index in [2.05, 4.69) is 0 Å². The smallest absolute Gasteiger partial charge is 0.201 e. The number of rotatable bonds is 0. The summed E-state index contributed by atoms with van der Waals surface area (Å²) < 4.78 is 0. The molecule has 0 fully saturated rings. The van der Waals surface area contributed by atoms with Crippen molar-refractivity contribution in [3.63, 3.8) is 0 Å². The number of benzene rings is 2. The van der Waals surface area contributed by atoms with Crippen LogP contribution in [-0.2, 0) is 6.42 Å². The highest BCUT2D eigenvalue weighted by molar-refractivity contribution is 6.30. The van der Waals surface area contributed by atoms with Gasteiger partial charge in [0.05, 0.1) is 16.7 Å². The Morgan fingerprint density at radius 1 is 1.08 bits per heavy atom. The van der Waals surface area contributed by atoms with Crippen LogP contribution < -0.4 is 0 Å². The monoisotopic (exact) mass is 340 g/mol. The minimum Gasteiger partial charge on any atom is -0.507 e. The van der Waals surface area contributed by atoms with Gasteiger partial charge in [-0.05, 0) is 37.5 Å². The Balaban J connectivity index is 2.02. The molecule has 0 aliphatic heterocycles. The number of hydrogen-bond acceptors (Lipinski definition) is 6. The average molecular weight is 340 g/mol. The second kappa shape index (κ2) is 4.91. The van der Waals surface area contributed by atoms with Crippen LogP contribution in [0.2, 0.25) is 0 Å². The van der Waals surface area contributed by atoms with E-state index in [-0.39, 0.29) is 52.2 Å². The fraction of sp³-hybridized carbons (Fsp3) is 0.263. The molecule has 2 aliphatic carbocycles. The molecule has 128 valence electrons. The Morgan fingerprint density at radius 2 is 1.80 bits per heavy atom. The molecule has 0 heterocycles. The summed E-state index contributed by atoms with van der Waals surface area (Å²) >= 11 is 0. The summed E-state index contributed by atoms with van der Waals surface area (Å²) in [6, 6.07) is 5.57. The van der Waals surface area contributed by atoms with E-state index in [9.17, 15) is 30.0 Å². The lowest BCUT2D eigenvalue weighted by molar-refractivity contribution is -0.0754. The van der Waals surface area contributed by atoms with Crippen LogP contribution in [0, 0.1) is 0 Å². The fourth-order valence-electron chi connectivity index (χ4n) is 3.73. The van der Waals surface area contributed by atoms with Crippen LogP contribution in [0.1, 0.15) is 62.4 Å². The minimum atomic E-state index is -1.38. The van der Waals surface area contributed by atoms with Crippen molar-refractivity contribution in [2.45, 2.75) is 31.5 Å². The third-order valence-corrected chi connectivity index (χ3v) is 5.19. The number of phenolic OH excluding ortho intramolecular Hbond substituents is 2. The molecule has 0 aromatic heterocycles. The summed E-state index contributed by atoms with van der Waals surface area (Å²) in [4.78, 5) is 25.6. The number of fused-ring (bicyclic) bond motifs is 3. The first-order valence-corrected chi connectivity index (χ1v) is 7.94. The van der Waals surface area contributed by atoms with E-state index in [1.807, 2.05) is 0 Å². The second-order valence-corrected chi connectivity index (χ2v) is 6.83. The molecule has 0 saturated heterocycles. The number of carbonyl (C=O) groups is 2. The van der Waals surface area contributed by atoms with Gasteiger partial charge in [-0.3, -0.25) is 9.59 Å². The number of aliphatic hydroxyl groups is 2. The molecule has 2 aromatic carbocycles. The van der Waals surface area contributed by atoms with E-state index in [4.69, 9.17) is 0 Å². The first kappa shape index (κ1) is 15.8. The molecule has 4 rings (SSSR count). The Hall–Kier alpha value is -2.70. The van der Waals surface area contributed by atoms with Crippen molar-refractivity contribution in [2.24, 2.45) is 0 Å². The first-order valence-electron chi connectivity index (χ1n) is 7.94. The van der Waals surface area contributed by atoms with Crippen molar-refractivity contribution in [2.75, 3.05) is 0 Å². The molecule has 4 N–H and O–H groups in total. The molecule has 0 unspecified atom stereocenters. The van der Waals surface area contributed by atoms with E-state index < -0.39 is 23.3 Å². The topological polar surface area (TPSA) is 115 Å². The lowest BCUT2D eigenvalue weighted by atomic mass is 9.74. The van der Waals surface area contributed by atoms with Gasteiger partial charge < -0.3 is 20.4 Å². The van der Waals surface area contributed by atoms with Crippen molar-refractivity contribution in [3.8, 4) is 11.5 Å². The Morgan fingerprint density at radius 3 is 2.52 bits per heavy atom. The highest BCUT2D eigenvalue weighted by Gasteiger charge is 2.42. The van der Waals surface area contributed by atoms with Crippen LogP contribution in [0.5, 0.6) is 11.5 Å². The number of ketones is 2. The highest BCUT2D eigenvalue weighted by Crippen LogP contribution is 2.46. The predicted octanol–water partition coefficient (Wildman–Crippen LogP) is 1.60. The van der Waals surface area contributed by atoms with Gasteiger partial charge >= 0.3 is 0 Å². The summed E-state index contributed by atoms with van der Waals surface area (Å²) in [6.07, 6.45) is -0.814. The molecule has 0 spiro atoms. The van der Waals surface area contributed by atoms with Gasteiger partial charge in [0.25, 0.3) is 0 Å². The Labute approximate surface area is 143 Å². The zero-order chi connectivity index (χ0) is 18.1. The summed E-state index contributed by atoms with van der Waals surface area (Å²) in [5.74, 6) is -1.83. The first-order chi connectivity index (χ1) is 11.7. The molecule has 2 aromatic rings. The molecule has 2 aliphatic rings. The molecule has 6 heteroatoms. The normalized spacial score (nSPS) is 24.5.